The van der Waals surface area contributed by atoms with E-state index in [0.29, 0.717) is 0 Å². The van der Waals surface area contributed by atoms with Crippen LogP contribution >= 0.6 is 0 Å². The molecule has 0 bridgehead atoms. The van der Waals surface area contributed by atoms with Gasteiger partial charge in [0.05, 0.1) is 5.56 Å². The molecule has 0 spiro atoms. The van der Waals surface area contributed by atoms with E-state index in [0.717, 1.165) is 22.4 Å². The van der Waals surface area contributed by atoms with Crippen LogP contribution in [0.4, 0.5) is 0 Å². The van der Waals surface area contributed by atoms with E-state index in [1.807, 2.05) is 0 Å². The average molecular weight is 447 g/mol. The minimum atomic E-state index is 0.170. The Hall–Kier alpha value is -3.39. The first kappa shape index (κ1) is 21.2. The molecule has 0 fully saturated rings. The Balaban J connectivity index is 1.62. The van der Waals surface area contributed by atoms with Crippen LogP contribution < -0.4 is 4.57 Å². The van der Waals surface area contributed by atoms with Gasteiger partial charge in [0.15, 0.2) is 6.20 Å². The fraction of sp³-hybridized carbons (Fsp3) is 0.281. The van der Waals surface area contributed by atoms with Gasteiger partial charge in [-0.25, -0.2) is 4.57 Å². The molecule has 0 aliphatic heterocycles. The number of rotatable bonds is 2. The van der Waals surface area contributed by atoms with Crippen molar-refractivity contribution in [2.75, 3.05) is 0 Å². The molecule has 0 atom stereocenters. The molecule has 0 saturated carbocycles. The first-order valence-electron chi connectivity index (χ1n) is 12.2. The molecule has 0 saturated heterocycles. The van der Waals surface area contributed by atoms with E-state index in [4.69, 9.17) is 4.42 Å². The maximum Gasteiger partial charge on any atom is 0.216 e. The second kappa shape index (κ2) is 7.06. The minimum Gasteiger partial charge on any atom is -0.454 e. The largest absolute Gasteiger partial charge is 0.454 e. The number of hydrogen-bond acceptors (Lipinski definition) is 1. The van der Waals surface area contributed by atoms with Gasteiger partial charge in [-0.05, 0) is 52.5 Å². The number of pyridine rings is 1. The maximum atomic E-state index is 6.76. The molecule has 3 aromatic carbocycles. The van der Waals surface area contributed by atoms with E-state index < -0.39 is 0 Å². The molecule has 0 unspecified atom stereocenters. The van der Waals surface area contributed by atoms with Gasteiger partial charge >= 0.3 is 0 Å². The summed E-state index contributed by atoms with van der Waals surface area (Å²) in [5.74, 6) is 0. The number of nitrogens with zero attached hydrogens (tertiary/aromatic N) is 1. The Kier molecular flexibility index (Phi) is 4.39. The lowest BCUT2D eigenvalue weighted by Crippen LogP contribution is -2.30. The normalized spacial score (nSPS) is 16.3. The molecular weight excluding hydrogens is 414 g/mol. The van der Waals surface area contributed by atoms with Gasteiger partial charge in [0, 0.05) is 28.5 Å². The van der Waals surface area contributed by atoms with Gasteiger partial charge in [-0.15, -0.1) is 0 Å². The van der Waals surface area contributed by atoms with Crippen molar-refractivity contribution in [2.45, 2.75) is 51.9 Å². The van der Waals surface area contributed by atoms with E-state index in [1.165, 1.54) is 45.0 Å². The summed E-state index contributed by atoms with van der Waals surface area (Å²) >= 11 is 0. The van der Waals surface area contributed by atoms with Gasteiger partial charge in [-0.3, -0.25) is 0 Å². The van der Waals surface area contributed by atoms with Crippen LogP contribution in [0, 0.1) is 6.92 Å². The zero-order chi connectivity index (χ0) is 23.8. The summed E-state index contributed by atoms with van der Waals surface area (Å²) in [4.78, 5) is 0. The van der Waals surface area contributed by atoms with Crippen LogP contribution in [0.1, 0.15) is 50.8 Å². The highest BCUT2D eigenvalue weighted by Gasteiger charge is 2.41. The molecule has 6 rings (SSSR count). The van der Waals surface area contributed by atoms with Crippen molar-refractivity contribution >= 4 is 21.9 Å². The van der Waals surface area contributed by atoms with Crippen molar-refractivity contribution in [1.82, 2.24) is 0 Å². The Bertz CT molecular complexity index is 1600. The second-order valence-electron chi connectivity index (χ2n) is 11.3. The van der Waals surface area contributed by atoms with Crippen molar-refractivity contribution in [3.63, 3.8) is 0 Å². The van der Waals surface area contributed by atoms with Gasteiger partial charge in [0.25, 0.3) is 0 Å². The topological polar surface area (TPSA) is 17.0 Å². The summed E-state index contributed by atoms with van der Waals surface area (Å²) in [7, 11) is 2.09. The number of aromatic nitrogens is 1. The molecule has 0 amide bonds. The van der Waals surface area contributed by atoms with Crippen LogP contribution in [0.15, 0.2) is 77.3 Å². The lowest BCUT2D eigenvalue weighted by molar-refractivity contribution is -0.660. The summed E-state index contributed by atoms with van der Waals surface area (Å²) < 4.78 is 8.93. The molecule has 0 N–H and O–H groups in total. The smallest absolute Gasteiger partial charge is 0.216 e. The van der Waals surface area contributed by atoms with Crippen LogP contribution in [-0.4, -0.2) is 0 Å². The van der Waals surface area contributed by atoms with Crippen LogP contribution in [0.2, 0.25) is 0 Å². The number of fused-ring (bicyclic) bond motifs is 4. The van der Waals surface area contributed by atoms with Crippen LogP contribution in [0.3, 0.4) is 0 Å². The Morgan fingerprint density at radius 3 is 2.32 bits per heavy atom. The predicted octanol–water partition coefficient (Wildman–Crippen LogP) is 8.01. The first-order valence-corrected chi connectivity index (χ1v) is 12.2. The number of aryl methyl sites for hydroxylation is 2. The van der Waals surface area contributed by atoms with E-state index in [9.17, 15) is 0 Å². The number of para-hydroxylation sites is 1. The first-order chi connectivity index (χ1) is 16.2. The van der Waals surface area contributed by atoms with Gasteiger partial charge in [0.2, 0.25) is 5.69 Å². The molecule has 5 aromatic rings. The van der Waals surface area contributed by atoms with E-state index in [-0.39, 0.29) is 10.8 Å². The highest BCUT2D eigenvalue weighted by Crippen LogP contribution is 2.50. The molecule has 34 heavy (non-hydrogen) atoms. The van der Waals surface area contributed by atoms with Gasteiger partial charge in [0.1, 0.15) is 18.2 Å². The van der Waals surface area contributed by atoms with Crippen molar-refractivity contribution in [3.8, 4) is 22.4 Å². The summed E-state index contributed by atoms with van der Waals surface area (Å²) in [6, 6.07) is 24.3. The van der Waals surface area contributed by atoms with Gasteiger partial charge in [-0.2, -0.15) is 0 Å². The molecule has 2 heteroatoms. The van der Waals surface area contributed by atoms with Crippen molar-refractivity contribution in [2.24, 2.45) is 7.05 Å². The number of benzene rings is 3. The molecular formula is C32H32NO+. The number of furan rings is 1. The monoisotopic (exact) mass is 446 g/mol. The fourth-order valence-corrected chi connectivity index (χ4v) is 6.45. The molecule has 1 aliphatic carbocycles. The molecule has 2 aromatic heterocycles. The van der Waals surface area contributed by atoms with Crippen LogP contribution in [0.25, 0.3) is 44.3 Å². The fourth-order valence-electron chi connectivity index (χ4n) is 6.45. The van der Waals surface area contributed by atoms with E-state index >= 15 is 0 Å². The van der Waals surface area contributed by atoms with Gasteiger partial charge < -0.3 is 4.42 Å². The van der Waals surface area contributed by atoms with Crippen molar-refractivity contribution in [3.05, 3.63) is 89.6 Å². The zero-order valence-corrected chi connectivity index (χ0v) is 21.0. The number of hydrogen-bond donors (Lipinski definition) is 0. The third kappa shape index (κ3) is 2.98. The Morgan fingerprint density at radius 2 is 1.53 bits per heavy atom. The van der Waals surface area contributed by atoms with Crippen molar-refractivity contribution in [1.29, 1.82) is 0 Å². The Morgan fingerprint density at radius 1 is 0.765 bits per heavy atom. The SMILES string of the molecule is Cc1ccc2c(oc3c(-c4ccc5c(c4)C(C)(C)CC5(C)C)cccc32)c1-c1cccc[n+]1C. The van der Waals surface area contributed by atoms with Crippen LogP contribution in [-0.2, 0) is 17.9 Å². The van der Waals surface area contributed by atoms with E-state index in [2.05, 4.69) is 119 Å². The molecule has 170 valence electrons. The quantitative estimate of drug-likeness (QED) is 0.251. The molecule has 0 radical (unpaired) electrons. The van der Waals surface area contributed by atoms with Crippen LogP contribution in [0.5, 0.6) is 0 Å². The molecule has 2 nitrogen and oxygen atoms in total. The standard InChI is InChI=1S/C32H32NO/c1-20-13-15-24-23-11-9-10-22(21-14-16-25-26(18-21)32(4,5)19-31(25,2)3)29(23)34-30(24)28(20)27-12-7-8-17-33(27)6/h7-18H,19H2,1-6H3/q+1. The summed E-state index contributed by atoms with van der Waals surface area (Å²) in [5, 5.41) is 2.34. The molecule has 2 heterocycles. The van der Waals surface area contributed by atoms with Crippen molar-refractivity contribution < 1.29 is 8.98 Å². The predicted molar refractivity (Wildman–Crippen MR) is 141 cm³/mol. The third-order valence-corrected chi connectivity index (χ3v) is 7.86. The summed E-state index contributed by atoms with van der Waals surface area (Å²) in [6.07, 6.45) is 3.26. The second-order valence-corrected chi connectivity index (χ2v) is 11.3. The molecule has 1 aliphatic rings. The summed E-state index contributed by atoms with van der Waals surface area (Å²) in [6.45, 7) is 11.7. The minimum absolute atomic E-state index is 0.170. The maximum absolute atomic E-state index is 6.76. The summed E-state index contributed by atoms with van der Waals surface area (Å²) in [5.41, 5.74) is 11.2. The lowest BCUT2D eigenvalue weighted by Gasteiger charge is -2.22. The average Bonchev–Trinajstić information content (AvgIpc) is 3.25. The third-order valence-electron chi connectivity index (χ3n) is 7.86. The van der Waals surface area contributed by atoms with E-state index in [1.54, 1.807) is 0 Å². The highest BCUT2D eigenvalue weighted by atomic mass is 16.3. The highest BCUT2D eigenvalue weighted by molar-refractivity contribution is 6.13. The Labute approximate surface area is 201 Å². The van der Waals surface area contributed by atoms with Gasteiger partial charge in [-0.1, -0.05) is 76.2 Å². The zero-order valence-electron chi connectivity index (χ0n) is 21.0. The lowest BCUT2D eigenvalue weighted by atomic mass is 9.82.